The fourth-order valence-corrected chi connectivity index (χ4v) is 1.96. The Balaban J connectivity index is 3.75. The van der Waals surface area contributed by atoms with Gasteiger partial charge in [-0.3, -0.25) is 4.79 Å². The predicted molar refractivity (Wildman–Crippen MR) is 100 cm³/mol. The van der Waals surface area contributed by atoms with Crippen molar-refractivity contribution in [2.24, 2.45) is 0 Å². The number of hydrogen-bond acceptors (Lipinski definition) is 4. The Morgan fingerprint density at radius 3 is 2.12 bits per heavy atom. The molecule has 0 saturated heterocycles. The maximum absolute atomic E-state index is 10.3. The molecule has 0 unspecified atom stereocenters. The number of hydrogen-bond donors (Lipinski definition) is 4. The molecule has 0 radical (unpaired) electrons. The lowest BCUT2D eigenvalue weighted by atomic mass is 10.1. The largest absolute Gasteiger partial charge is 0.481 e. The lowest BCUT2D eigenvalue weighted by Crippen LogP contribution is -2.23. The third-order valence-corrected chi connectivity index (χ3v) is 3.53. The molecule has 4 N–H and O–H groups in total. The van der Waals surface area contributed by atoms with E-state index in [1.54, 1.807) is 6.92 Å². The topological polar surface area (TPSA) is 98.0 Å². The van der Waals surface area contributed by atoms with Gasteiger partial charge < -0.3 is 20.4 Å². The molecule has 0 aliphatic rings. The first-order chi connectivity index (χ1) is 12.0. The molecular formula is C20H32O5. The zero-order valence-electron chi connectivity index (χ0n) is 15.0. The number of allylic oxidation sites excluding steroid dienone is 5. The maximum atomic E-state index is 10.3. The van der Waals surface area contributed by atoms with E-state index in [0.29, 0.717) is 19.3 Å². The minimum atomic E-state index is -0.941. The van der Waals surface area contributed by atoms with Crippen LogP contribution in [0, 0.1) is 0 Å². The van der Waals surface area contributed by atoms with Crippen LogP contribution in [0.25, 0.3) is 0 Å². The van der Waals surface area contributed by atoms with Gasteiger partial charge in [-0.25, -0.2) is 0 Å². The lowest BCUT2D eigenvalue weighted by molar-refractivity contribution is -0.137. The van der Waals surface area contributed by atoms with Gasteiger partial charge in [0.1, 0.15) is 0 Å². The van der Waals surface area contributed by atoms with Gasteiger partial charge in [-0.2, -0.15) is 0 Å². The second-order valence-corrected chi connectivity index (χ2v) is 5.83. The van der Waals surface area contributed by atoms with Gasteiger partial charge in [0, 0.05) is 6.42 Å². The zero-order valence-corrected chi connectivity index (χ0v) is 15.0. The first-order valence-electron chi connectivity index (χ1n) is 8.86. The molecule has 0 bridgehead atoms. The molecule has 0 amide bonds. The third kappa shape index (κ3) is 15.6. The van der Waals surface area contributed by atoms with E-state index < -0.39 is 24.3 Å². The van der Waals surface area contributed by atoms with Crippen LogP contribution in [0.2, 0.25) is 0 Å². The first-order valence-corrected chi connectivity index (χ1v) is 8.86. The molecule has 0 rings (SSSR count). The standard InChI is InChI=1S/C20H32O5/c1-2-18(22)19(23)16-15-17(21)13-11-9-7-5-3-4-6-8-10-12-14-20(24)25/h3,5-6,8-9,11,15-19,21-23H,2,4,7,10,12-14H2,1H3,(H,24,25)/b5-3-,8-6-,11-9-,16-15+/t17-,18-,19-/m1/s1. The Kier molecular flexibility index (Phi) is 14.7. The number of rotatable bonds is 14. The molecule has 0 fully saturated rings. The van der Waals surface area contributed by atoms with Crippen LogP contribution >= 0.6 is 0 Å². The Hall–Kier alpha value is -1.69. The summed E-state index contributed by atoms with van der Waals surface area (Å²) in [6, 6.07) is 0. The van der Waals surface area contributed by atoms with Gasteiger partial charge in [-0.15, -0.1) is 0 Å². The van der Waals surface area contributed by atoms with Crippen LogP contribution in [0.15, 0.2) is 48.6 Å². The van der Waals surface area contributed by atoms with Gasteiger partial charge in [0.25, 0.3) is 0 Å². The molecule has 5 nitrogen and oxygen atoms in total. The van der Waals surface area contributed by atoms with Gasteiger partial charge in [-0.05, 0) is 38.5 Å². The van der Waals surface area contributed by atoms with Crippen molar-refractivity contribution >= 4 is 5.97 Å². The second-order valence-electron chi connectivity index (χ2n) is 5.83. The van der Waals surface area contributed by atoms with Crippen molar-refractivity contribution in [1.29, 1.82) is 0 Å². The van der Waals surface area contributed by atoms with Gasteiger partial charge in [-0.1, -0.05) is 55.5 Å². The summed E-state index contributed by atoms with van der Waals surface area (Å²) in [4.78, 5) is 10.3. The third-order valence-electron chi connectivity index (χ3n) is 3.53. The number of aliphatic hydroxyl groups is 3. The van der Waals surface area contributed by atoms with Crippen LogP contribution in [0.1, 0.15) is 51.9 Å². The number of aliphatic hydroxyl groups excluding tert-OH is 3. The van der Waals surface area contributed by atoms with E-state index >= 15 is 0 Å². The molecule has 0 aliphatic carbocycles. The number of carbonyl (C=O) groups is 1. The lowest BCUT2D eigenvalue weighted by Gasteiger charge is -2.12. The molecule has 0 saturated carbocycles. The quantitative estimate of drug-likeness (QED) is 0.284. The van der Waals surface area contributed by atoms with E-state index in [2.05, 4.69) is 0 Å². The van der Waals surface area contributed by atoms with E-state index in [1.165, 1.54) is 12.2 Å². The van der Waals surface area contributed by atoms with Crippen molar-refractivity contribution in [3.63, 3.8) is 0 Å². The van der Waals surface area contributed by atoms with E-state index in [4.69, 9.17) is 5.11 Å². The summed E-state index contributed by atoms with van der Waals surface area (Å²) in [5, 5.41) is 37.2. The minimum absolute atomic E-state index is 0.212. The average Bonchev–Trinajstić information content (AvgIpc) is 2.59. The van der Waals surface area contributed by atoms with Crippen molar-refractivity contribution in [2.75, 3.05) is 0 Å². The predicted octanol–water partition coefficient (Wildman–Crippen LogP) is 3.13. The van der Waals surface area contributed by atoms with Crippen LogP contribution in [-0.2, 0) is 4.79 Å². The van der Waals surface area contributed by atoms with Gasteiger partial charge in [0.05, 0.1) is 18.3 Å². The summed E-state index contributed by atoms with van der Waals surface area (Å²) in [5.41, 5.74) is 0. The normalized spacial score (nSPS) is 16.3. The zero-order chi connectivity index (χ0) is 18.9. The number of carboxylic acid groups (broad SMARTS) is 1. The molecule has 0 aliphatic heterocycles. The van der Waals surface area contributed by atoms with E-state index in [-0.39, 0.29) is 6.42 Å². The first kappa shape index (κ1) is 23.3. The van der Waals surface area contributed by atoms with Crippen molar-refractivity contribution in [1.82, 2.24) is 0 Å². The van der Waals surface area contributed by atoms with Gasteiger partial charge in [0.15, 0.2) is 0 Å². The van der Waals surface area contributed by atoms with Gasteiger partial charge >= 0.3 is 5.97 Å². The van der Waals surface area contributed by atoms with E-state index in [0.717, 1.165) is 19.3 Å². The summed E-state index contributed by atoms with van der Waals surface area (Å²) < 4.78 is 0. The van der Waals surface area contributed by atoms with Gasteiger partial charge in [0.2, 0.25) is 0 Å². The summed E-state index contributed by atoms with van der Waals surface area (Å²) >= 11 is 0. The van der Waals surface area contributed by atoms with Crippen molar-refractivity contribution < 1.29 is 25.2 Å². The second kappa shape index (κ2) is 15.8. The Morgan fingerprint density at radius 1 is 0.920 bits per heavy atom. The summed E-state index contributed by atoms with van der Waals surface area (Å²) in [6.07, 6.45) is 16.6. The van der Waals surface area contributed by atoms with Crippen LogP contribution < -0.4 is 0 Å². The summed E-state index contributed by atoms with van der Waals surface area (Å²) in [6.45, 7) is 1.78. The molecule has 25 heavy (non-hydrogen) atoms. The SMILES string of the molecule is CC[C@@H](O)[C@H](O)/C=C/[C@H](O)C/C=C\C/C=C\C/C=C\CCCC(=O)O. The Labute approximate surface area is 150 Å². The Bertz CT molecular complexity index is 451. The molecule has 142 valence electrons. The van der Waals surface area contributed by atoms with Crippen molar-refractivity contribution in [3.8, 4) is 0 Å². The van der Waals surface area contributed by atoms with Crippen LogP contribution in [-0.4, -0.2) is 44.7 Å². The monoisotopic (exact) mass is 352 g/mol. The fourth-order valence-electron chi connectivity index (χ4n) is 1.96. The van der Waals surface area contributed by atoms with E-state index in [9.17, 15) is 20.1 Å². The van der Waals surface area contributed by atoms with Crippen molar-refractivity contribution in [2.45, 2.75) is 70.2 Å². The molecular weight excluding hydrogens is 320 g/mol. The number of aliphatic carboxylic acids is 1. The highest BCUT2D eigenvalue weighted by atomic mass is 16.4. The summed E-state index contributed by atoms with van der Waals surface area (Å²) in [7, 11) is 0. The summed E-state index contributed by atoms with van der Waals surface area (Å²) in [5.74, 6) is -0.754. The number of carboxylic acids is 1. The highest BCUT2D eigenvalue weighted by molar-refractivity contribution is 5.66. The van der Waals surface area contributed by atoms with Crippen LogP contribution in [0.5, 0.6) is 0 Å². The number of unbranched alkanes of at least 4 members (excludes halogenated alkanes) is 1. The van der Waals surface area contributed by atoms with Crippen molar-refractivity contribution in [3.05, 3.63) is 48.6 Å². The van der Waals surface area contributed by atoms with Crippen LogP contribution in [0.3, 0.4) is 0 Å². The minimum Gasteiger partial charge on any atom is -0.481 e. The highest BCUT2D eigenvalue weighted by Crippen LogP contribution is 2.03. The fraction of sp³-hybridized carbons (Fsp3) is 0.550. The maximum Gasteiger partial charge on any atom is 0.303 e. The molecule has 0 aromatic heterocycles. The Morgan fingerprint density at radius 2 is 1.52 bits per heavy atom. The molecule has 5 heteroatoms. The smallest absolute Gasteiger partial charge is 0.303 e. The molecule has 0 heterocycles. The molecule has 0 aromatic rings. The molecule has 3 atom stereocenters. The molecule has 0 aromatic carbocycles. The molecule has 0 spiro atoms. The highest BCUT2D eigenvalue weighted by Gasteiger charge is 2.10. The van der Waals surface area contributed by atoms with E-state index in [1.807, 2.05) is 36.5 Å². The van der Waals surface area contributed by atoms with Crippen LogP contribution in [0.4, 0.5) is 0 Å². The average molecular weight is 352 g/mol.